The van der Waals surface area contributed by atoms with Gasteiger partial charge in [0, 0.05) is 17.9 Å². The third-order valence-electron chi connectivity index (χ3n) is 3.25. The Labute approximate surface area is 125 Å². The Kier molecular flexibility index (Phi) is 5.86. The number of ether oxygens (including phenoxy) is 3. The average Bonchev–Trinajstić information content (AvgIpc) is 2.90. The van der Waals surface area contributed by atoms with Crippen molar-refractivity contribution in [3.8, 4) is 17.2 Å². The molecule has 2 N–H and O–H groups in total. The lowest BCUT2D eigenvalue weighted by Crippen LogP contribution is -2.21. The largest absolute Gasteiger partial charge is 0.492 e. The minimum Gasteiger partial charge on any atom is -0.492 e. The number of hydrogen-bond donors (Lipinski definition) is 1. The van der Waals surface area contributed by atoms with Crippen LogP contribution in [0.5, 0.6) is 17.2 Å². The number of fused-ring (bicyclic) bond motifs is 1. The summed E-state index contributed by atoms with van der Waals surface area (Å²) in [6.45, 7) is 5.23. The Hall–Kier alpha value is -1.07. The Morgan fingerprint density at radius 1 is 1.30 bits per heavy atom. The van der Waals surface area contributed by atoms with Crippen molar-refractivity contribution in [1.82, 2.24) is 0 Å². The summed E-state index contributed by atoms with van der Waals surface area (Å²) >= 11 is 1.87. The lowest BCUT2D eigenvalue weighted by Gasteiger charge is -2.15. The second kappa shape index (κ2) is 7.64. The molecule has 112 valence electrons. The quantitative estimate of drug-likeness (QED) is 0.748. The van der Waals surface area contributed by atoms with Crippen molar-refractivity contribution in [1.29, 1.82) is 0 Å². The van der Waals surface area contributed by atoms with Crippen LogP contribution in [-0.4, -0.2) is 30.9 Å². The Morgan fingerprint density at radius 2 is 2.05 bits per heavy atom. The van der Waals surface area contributed by atoms with Crippen LogP contribution in [0.4, 0.5) is 0 Å². The smallest absolute Gasteiger partial charge is 0.231 e. The van der Waals surface area contributed by atoms with Crippen molar-refractivity contribution in [2.75, 3.05) is 24.9 Å². The third kappa shape index (κ3) is 3.96. The van der Waals surface area contributed by atoms with Gasteiger partial charge in [0.15, 0.2) is 11.5 Å². The van der Waals surface area contributed by atoms with Crippen LogP contribution >= 0.6 is 11.8 Å². The SMILES string of the molecule is CCSCCOc1cc2c(cc1CC(N)CC)OCO2. The predicted octanol–water partition coefficient (Wildman–Crippen LogP) is 2.83. The zero-order valence-electron chi connectivity index (χ0n) is 12.2. The van der Waals surface area contributed by atoms with E-state index in [1.165, 1.54) is 0 Å². The van der Waals surface area contributed by atoms with Gasteiger partial charge in [0.25, 0.3) is 0 Å². The Bertz CT molecular complexity index is 439. The molecule has 1 aromatic carbocycles. The first-order chi connectivity index (χ1) is 9.74. The molecule has 0 saturated carbocycles. The van der Waals surface area contributed by atoms with Crippen molar-refractivity contribution in [2.24, 2.45) is 5.73 Å². The van der Waals surface area contributed by atoms with Gasteiger partial charge in [0.1, 0.15) is 5.75 Å². The summed E-state index contributed by atoms with van der Waals surface area (Å²) in [5, 5.41) is 0. The predicted molar refractivity (Wildman–Crippen MR) is 83.0 cm³/mol. The van der Waals surface area contributed by atoms with Crippen LogP contribution in [0.25, 0.3) is 0 Å². The fraction of sp³-hybridized carbons (Fsp3) is 0.600. The molecule has 4 nitrogen and oxygen atoms in total. The molecular weight excluding hydrogens is 274 g/mol. The summed E-state index contributed by atoms with van der Waals surface area (Å²) in [5.41, 5.74) is 7.17. The normalized spacial score (nSPS) is 14.3. The molecule has 1 heterocycles. The van der Waals surface area contributed by atoms with Crippen LogP contribution in [0.3, 0.4) is 0 Å². The third-order valence-corrected chi connectivity index (χ3v) is 4.12. The maximum absolute atomic E-state index is 6.06. The number of nitrogens with two attached hydrogens (primary N) is 1. The van der Waals surface area contributed by atoms with Gasteiger partial charge in [-0.15, -0.1) is 0 Å². The standard InChI is InChI=1S/C15H23NO3S/c1-3-12(16)7-11-8-14-15(19-10-18-14)9-13(11)17-5-6-20-4-2/h8-9,12H,3-7,10,16H2,1-2H3. The highest BCUT2D eigenvalue weighted by atomic mass is 32.2. The van der Waals surface area contributed by atoms with Crippen molar-refractivity contribution in [3.63, 3.8) is 0 Å². The molecule has 1 atom stereocenters. The van der Waals surface area contributed by atoms with E-state index >= 15 is 0 Å². The molecule has 0 amide bonds. The number of thioether (sulfide) groups is 1. The van der Waals surface area contributed by atoms with E-state index in [0.717, 1.165) is 47.2 Å². The first-order valence-electron chi connectivity index (χ1n) is 7.13. The summed E-state index contributed by atoms with van der Waals surface area (Å²) in [4.78, 5) is 0. The molecule has 0 aliphatic carbocycles. The van der Waals surface area contributed by atoms with Crippen LogP contribution in [0.2, 0.25) is 0 Å². The van der Waals surface area contributed by atoms with Gasteiger partial charge in [-0.2, -0.15) is 11.8 Å². The molecule has 1 unspecified atom stereocenters. The van der Waals surface area contributed by atoms with Crippen molar-refractivity contribution in [2.45, 2.75) is 32.7 Å². The maximum atomic E-state index is 6.06. The number of hydrogen-bond acceptors (Lipinski definition) is 5. The van der Waals surface area contributed by atoms with E-state index < -0.39 is 0 Å². The minimum absolute atomic E-state index is 0.141. The molecule has 1 aromatic rings. The van der Waals surface area contributed by atoms with Crippen LogP contribution in [0.1, 0.15) is 25.8 Å². The summed E-state index contributed by atoms with van der Waals surface area (Å²) in [6, 6.07) is 4.07. The second-order valence-electron chi connectivity index (χ2n) is 4.73. The summed E-state index contributed by atoms with van der Waals surface area (Å²) in [7, 11) is 0. The van der Waals surface area contributed by atoms with Gasteiger partial charge in [-0.05, 0) is 30.2 Å². The molecule has 0 bridgehead atoms. The molecule has 20 heavy (non-hydrogen) atoms. The van der Waals surface area contributed by atoms with Crippen LogP contribution < -0.4 is 19.9 Å². The molecule has 2 rings (SSSR count). The molecule has 0 fully saturated rings. The van der Waals surface area contributed by atoms with Gasteiger partial charge in [-0.25, -0.2) is 0 Å². The molecule has 1 aliphatic heterocycles. The van der Waals surface area contributed by atoms with E-state index in [-0.39, 0.29) is 12.8 Å². The number of rotatable bonds is 8. The Balaban J connectivity index is 2.09. The molecular formula is C15H23NO3S. The van der Waals surface area contributed by atoms with Gasteiger partial charge in [0.05, 0.1) is 6.61 Å². The zero-order valence-corrected chi connectivity index (χ0v) is 13.0. The summed E-state index contributed by atoms with van der Waals surface area (Å²) < 4.78 is 16.7. The molecule has 0 spiro atoms. The highest BCUT2D eigenvalue weighted by molar-refractivity contribution is 7.99. The first kappa shape index (κ1) is 15.3. The Morgan fingerprint density at radius 3 is 2.75 bits per heavy atom. The molecule has 0 aromatic heterocycles. The monoisotopic (exact) mass is 297 g/mol. The van der Waals surface area contributed by atoms with E-state index in [4.69, 9.17) is 19.9 Å². The highest BCUT2D eigenvalue weighted by Gasteiger charge is 2.19. The van der Waals surface area contributed by atoms with Crippen molar-refractivity contribution < 1.29 is 14.2 Å². The molecule has 0 saturated heterocycles. The molecule has 5 heteroatoms. The topological polar surface area (TPSA) is 53.7 Å². The van der Waals surface area contributed by atoms with E-state index in [0.29, 0.717) is 6.61 Å². The van der Waals surface area contributed by atoms with Crippen LogP contribution in [-0.2, 0) is 6.42 Å². The van der Waals surface area contributed by atoms with Crippen molar-refractivity contribution in [3.05, 3.63) is 17.7 Å². The minimum atomic E-state index is 0.141. The fourth-order valence-electron chi connectivity index (χ4n) is 2.04. The van der Waals surface area contributed by atoms with Gasteiger partial charge in [-0.1, -0.05) is 13.8 Å². The maximum Gasteiger partial charge on any atom is 0.231 e. The fourth-order valence-corrected chi connectivity index (χ4v) is 2.53. The number of benzene rings is 1. The molecule has 0 radical (unpaired) electrons. The van der Waals surface area contributed by atoms with Crippen molar-refractivity contribution >= 4 is 11.8 Å². The second-order valence-corrected chi connectivity index (χ2v) is 6.12. The summed E-state index contributed by atoms with van der Waals surface area (Å²) in [6.07, 6.45) is 1.74. The van der Waals surface area contributed by atoms with Crippen LogP contribution in [0, 0.1) is 0 Å². The van der Waals surface area contributed by atoms with Gasteiger partial charge < -0.3 is 19.9 Å². The van der Waals surface area contributed by atoms with Gasteiger partial charge in [0.2, 0.25) is 6.79 Å². The average molecular weight is 297 g/mol. The van der Waals surface area contributed by atoms with E-state index in [1.54, 1.807) is 0 Å². The van der Waals surface area contributed by atoms with Gasteiger partial charge >= 0.3 is 0 Å². The summed E-state index contributed by atoms with van der Waals surface area (Å²) in [5.74, 6) is 4.52. The van der Waals surface area contributed by atoms with Crippen LogP contribution in [0.15, 0.2) is 12.1 Å². The van der Waals surface area contributed by atoms with E-state index in [1.807, 2.05) is 23.9 Å². The van der Waals surface area contributed by atoms with Gasteiger partial charge in [-0.3, -0.25) is 0 Å². The van der Waals surface area contributed by atoms with E-state index in [2.05, 4.69) is 13.8 Å². The van der Waals surface area contributed by atoms with E-state index in [9.17, 15) is 0 Å². The lowest BCUT2D eigenvalue weighted by atomic mass is 10.0. The first-order valence-corrected chi connectivity index (χ1v) is 8.28. The molecule has 1 aliphatic rings. The lowest BCUT2D eigenvalue weighted by molar-refractivity contribution is 0.173. The zero-order chi connectivity index (χ0) is 14.4. The highest BCUT2D eigenvalue weighted by Crippen LogP contribution is 2.38.